The fourth-order valence-electron chi connectivity index (χ4n) is 0.889. The van der Waals surface area contributed by atoms with Gasteiger partial charge in [0, 0.05) is 6.07 Å². The second kappa shape index (κ2) is 4.76. The molecule has 0 radical (unpaired) electrons. The first-order valence-corrected chi connectivity index (χ1v) is 6.32. The maximum Gasteiger partial charge on any atom is 0.246 e. The highest BCUT2D eigenvalue weighted by Gasteiger charge is 2.14. The molecule has 0 bridgehead atoms. The minimum Gasteiger partial charge on any atom is -0.280 e. The standard InChI is InChI=1S/C8H5BrF2N2O2S/c9-5-3-7(11)8(4-6(5)10)13-16(14,15)2-1-12/h3-4,13H,2H2. The van der Waals surface area contributed by atoms with Crippen LogP contribution in [0.25, 0.3) is 0 Å². The van der Waals surface area contributed by atoms with E-state index in [0.29, 0.717) is 6.07 Å². The minimum atomic E-state index is -3.97. The van der Waals surface area contributed by atoms with E-state index in [2.05, 4.69) is 15.9 Å². The van der Waals surface area contributed by atoms with E-state index >= 15 is 0 Å². The number of halogens is 3. The number of hydrogen-bond acceptors (Lipinski definition) is 3. The molecule has 0 atom stereocenters. The van der Waals surface area contributed by atoms with Crippen LogP contribution in [-0.2, 0) is 10.0 Å². The first-order chi connectivity index (χ1) is 7.35. The van der Waals surface area contributed by atoms with Crippen molar-refractivity contribution < 1.29 is 17.2 Å². The molecule has 0 unspecified atom stereocenters. The maximum atomic E-state index is 13.2. The highest BCUT2D eigenvalue weighted by Crippen LogP contribution is 2.23. The van der Waals surface area contributed by atoms with Crippen LogP contribution in [0.3, 0.4) is 0 Å². The SMILES string of the molecule is N#CCS(=O)(=O)Nc1cc(F)c(Br)cc1F. The van der Waals surface area contributed by atoms with Crippen molar-refractivity contribution in [3.63, 3.8) is 0 Å². The van der Waals surface area contributed by atoms with Gasteiger partial charge in [-0.15, -0.1) is 0 Å². The lowest BCUT2D eigenvalue weighted by molar-refractivity contribution is 0.593. The van der Waals surface area contributed by atoms with E-state index in [1.165, 1.54) is 6.07 Å². The molecule has 0 saturated carbocycles. The van der Waals surface area contributed by atoms with Gasteiger partial charge in [-0.2, -0.15) is 5.26 Å². The fourth-order valence-corrected chi connectivity index (χ4v) is 1.94. The molecular formula is C8H5BrF2N2O2S. The van der Waals surface area contributed by atoms with Gasteiger partial charge in [0.05, 0.1) is 16.2 Å². The summed E-state index contributed by atoms with van der Waals surface area (Å²) in [5.74, 6) is -2.57. The van der Waals surface area contributed by atoms with Crippen LogP contribution in [0.15, 0.2) is 16.6 Å². The highest BCUT2D eigenvalue weighted by atomic mass is 79.9. The molecule has 0 spiro atoms. The summed E-state index contributed by atoms with van der Waals surface area (Å²) >= 11 is 2.75. The molecule has 0 aliphatic carbocycles. The highest BCUT2D eigenvalue weighted by molar-refractivity contribution is 9.10. The second-order valence-electron chi connectivity index (χ2n) is 2.77. The summed E-state index contributed by atoms with van der Waals surface area (Å²) in [5.41, 5.74) is -0.532. The topological polar surface area (TPSA) is 70.0 Å². The molecule has 8 heteroatoms. The quantitative estimate of drug-likeness (QED) is 0.868. The molecule has 86 valence electrons. The van der Waals surface area contributed by atoms with Crippen molar-refractivity contribution in [2.45, 2.75) is 0 Å². The Kier molecular flexibility index (Phi) is 3.83. The second-order valence-corrected chi connectivity index (χ2v) is 5.34. The van der Waals surface area contributed by atoms with Gasteiger partial charge in [0.1, 0.15) is 11.6 Å². The maximum absolute atomic E-state index is 13.2. The van der Waals surface area contributed by atoms with Crippen molar-refractivity contribution in [2.75, 3.05) is 10.5 Å². The summed E-state index contributed by atoms with van der Waals surface area (Å²) < 4.78 is 50.1. The number of anilines is 1. The van der Waals surface area contributed by atoms with Crippen LogP contribution >= 0.6 is 15.9 Å². The number of rotatable bonds is 3. The smallest absolute Gasteiger partial charge is 0.246 e. The summed E-state index contributed by atoms with van der Waals surface area (Å²) in [4.78, 5) is 0. The van der Waals surface area contributed by atoms with Crippen molar-refractivity contribution >= 4 is 31.6 Å². The zero-order valence-electron chi connectivity index (χ0n) is 7.67. The first-order valence-electron chi connectivity index (χ1n) is 3.87. The first kappa shape index (κ1) is 12.9. The molecule has 1 N–H and O–H groups in total. The number of benzene rings is 1. The number of nitrogens with zero attached hydrogens (tertiary/aromatic N) is 1. The Balaban J connectivity index is 3.08. The fraction of sp³-hybridized carbons (Fsp3) is 0.125. The van der Waals surface area contributed by atoms with Gasteiger partial charge in [-0.05, 0) is 22.0 Å². The summed E-state index contributed by atoms with van der Waals surface area (Å²) in [5, 5.41) is 8.20. The summed E-state index contributed by atoms with van der Waals surface area (Å²) in [6.07, 6.45) is 0. The Morgan fingerprint density at radius 3 is 2.56 bits per heavy atom. The molecule has 4 nitrogen and oxygen atoms in total. The van der Waals surface area contributed by atoms with E-state index in [1.54, 1.807) is 4.72 Å². The molecule has 0 amide bonds. The van der Waals surface area contributed by atoms with Gasteiger partial charge < -0.3 is 0 Å². The number of nitriles is 1. The lowest BCUT2D eigenvalue weighted by atomic mass is 10.3. The third-order valence-corrected chi connectivity index (χ3v) is 3.18. The van der Waals surface area contributed by atoms with Gasteiger partial charge in [-0.25, -0.2) is 17.2 Å². The van der Waals surface area contributed by atoms with Gasteiger partial charge in [0.25, 0.3) is 0 Å². The summed E-state index contributed by atoms with van der Waals surface area (Å²) in [7, 11) is -3.97. The van der Waals surface area contributed by atoms with E-state index in [0.717, 1.165) is 6.07 Å². The van der Waals surface area contributed by atoms with Crippen LogP contribution in [0.4, 0.5) is 14.5 Å². The molecule has 1 rings (SSSR count). The normalized spacial score (nSPS) is 10.9. The van der Waals surface area contributed by atoms with Gasteiger partial charge in [0.2, 0.25) is 10.0 Å². The van der Waals surface area contributed by atoms with Crippen LogP contribution in [0.5, 0.6) is 0 Å². The van der Waals surface area contributed by atoms with Crippen LogP contribution in [0.1, 0.15) is 0 Å². The predicted molar refractivity (Wildman–Crippen MR) is 57.1 cm³/mol. The zero-order valence-corrected chi connectivity index (χ0v) is 10.1. The van der Waals surface area contributed by atoms with Crippen LogP contribution in [-0.4, -0.2) is 14.2 Å². The van der Waals surface area contributed by atoms with Gasteiger partial charge in [-0.1, -0.05) is 0 Å². The number of hydrogen-bond donors (Lipinski definition) is 1. The van der Waals surface area contributed by atoms with Crippen LogP contribution in [0, 0.1) is 23.0 Å². The van der Waals surface area contributed by atoms with Crippen molar-refractivity contribution in [1.82, 2.24) is 0 Å². The molecule has 0 aliphatic rings. The van der Waals surface area contributed by atoms with E-state index in [1.807, 2.05) is 0 Å². The van der Waals surface area contributed by atoms with Crippen molar-refractivity contribution in [1.29, 1.82) is 5.26 Å². The van der Waals surface area contributed by atoms with Crippen molar-refractivity contribution in [2.24, 2.45) is 0 Å². The average molecular weight is 311 g/mol. The Labute approximate surface area is 99.1 Å². The Morgan fingerprint density at radius 1 is 1.38 bits per heavy atom. The molecule has 0 heterocycles. The van der Waals surface area contributed by atoms with E-state index in [-0.39, 0.29) is 4.47 Å². The Morgan fingerprint density at radius 2 is 2.00 bits per heavy atom. The van der Waals surface area contributed by atoms with E-state index < -0.39 is 33.1 Å². The van der Waals surface area contributed by atoms with Crippen molar-refractivity contribution in [3.8, 4) is 6.07 Å². The zero-order chi connectivity index (χ0) is 12.3. The molecule has 0 aromatic heterocycles. The van der Waals surface area contributed by atoms with Gasteiger partial charge in [0.15, 0.2) is 5.75 Å². The molecular weight excluding hydrogens is 306 g/mol. The molecule has 1 aromatic carbocycles. The Bertz CT molecular complexity index is 554. The lowest BCUT2D eigenvalue weighted by Crippen LogP contribution is -2.16. The van der Waals surface area contributed by atoms with Crippen LogP contribution < -0.4 is 4.72 Å². The van der Waals surface area contributed by atoms with Crippen molar-refractivity contribution in [3.05, 3.63) is 28.2 Å². The summed E-state index contributed by atoms with van der Waals surface area (Å²) in [6.45, 7) is 0. The number of sulfonamides is 1. The van der Waals surface area contributed by atoms with Gasteiger partial charge >= 0.3 is 0 Å². The molecule has 16 heavy (non-hydrogen) atoms. The monoisotopic (exact) mass is 310 g/mol. The van der Waals surface area contributed by atoms with E-state index in [4.69, 9.17) is 5.26 Å². The lowest BCUT2D eigenvalue weighted by Gasteiger charge is -2.07. The summed E-state index contributed by atoms with van der Waals surface area (Å²) in [6, 6.07) is 2.88. The molecule has 0 aliphatic heterocycles. The van der Waals surface area contributed by atoms with Crippen LogP contribution in [0.2, 0.25) is 0 Å². The Hall–Kier alpha value is -1.20. The minimum absolute atomic E-state index is 0.117. The largest absolute Gasteiger partial charge is 0.280 e. The predicted octanol–water partition coefficient (Wildman–Crippen LogP) is 1.99. The third-order valence-electron chi connectivity index (χ3n) is 1.53. The molecule has 0 saturated heterocycles. The molecule has 0 fully saturated rings. The number of nitrogens with one attached hydrogen (secondary N) is 1. The van der Waals surface area contributed by atoms with Gasteiger partial charge in [-0.3, -0.25) is 4.72 Å². The average Bonchev–Trinajstić information content (AvgIpc) is 2.13. The molecule has 1 aromatic rings. The third kappa shape index (κ3) is 3.15. The van der Waals surface area contributed by atoms with E-state index in [9.17, 15) is 17.2 Å².